The molecular formula is C14H16BrNS2. The molecule has 1 heterocycles. The summed E-state index contributed by atoms with van der Waals surface area (Å²) in [5.41, 5.74) is 1.31. The summed E-state index contributed by atoms with van der Waals surface area (Å²) in [6.07, 6.45) is 2.10. The van der Waals surface area contributed by atoms with E-state index in [4.69, 9.17) is 0 Å². The van der Waals surface area contributed by atoms with E-state index < -0.39 is 0 Å². The molecule has 0 aliphatic carbocycles. The Hall–Kier alpha value is -0.290. The van der Waals surface area contributed by atoms with Gasteiger partial charge in [0.15, 0.2) is 0 Å². The van der Waals surface area contributed by atoms with Crippen LogP contribution in [0.15, 0.2) is 39.7 Å². The molecule has 0 bridgehead atoms. The van der Waals surface area contributed by atoms with E-state index in [9.17, 15) is 0 Å². The Bertz CT molecular complexity index is 500. The van der Waals surface area contributed by atoms with Crippen LogP contribution in [-0.2, 0) is 0 Å². The minimum absolute atomic E-state index is 0.274. The SMILES string of the molecule is CNC(c1ccc(SC)cc1)c1cc(Br)c(C)s1. The highest BCUT2D eigenvalue weighted by Crippen LogP contribution is 2.33. The average molecular weight is 342 g/mol. The van der Waals surface area contributed by atoms with Crippen molar-refractivity contribution in [3.05, 3.63) is 50.1 Å². The van der Waals surface area contributed by atoms with Gasteiger partial charge in [0.2, 0.25) is 0 Å². The predicted octanol–water partition coefficient (Wildman–Crippen LogP) is 4.85. The summed E-state index contributed by atoms with van der Waals surface area (Å²) in [7, 11) is 2.01. The second kappa shape index (κ2) is 6.24. The highest BCUT2D eigenvalue weighted by atomic mass is 79.9. The maximum absolute atomic E-state index is 3.59. The van der Waals surface area contributed by atoms with Crippen LogP contribution in [0.3, 0.4) is 0 Å². The molecule has 0 spiro atoms. The van der Waals surface area contributed by atoms with Crippen LogP contribution >= 0.6 is 39.0 Å². The summed E-state index contributed by atoms with van der Waals surface area (Å²) < 4.78 is 1.20. The van der Waals surface area contributed by atoms with E-state index in [0.29, 0.717) is 0 Å². The van der Waals surface area contributed by atoms with Gasteiger partial charge in [-0.15, -0.1) is 23.1 Å². The van der Waals surface area contributed by atoms with Crippen LogP contribution in [0.25, 0.3) is 0 Å². The van der Waals surface area contributed by atoms with E-state index in [1.54, 1.807) is 11.8 Å². The van der Waals surface area contributed by atoms with Crippen LogP contribution in [0.5, 0.6) is 0 Å². The number of halogens is 1. The maximum Gasteiger partial charge on any atom is 0.0669 e. The third kappa shape index (κ3) is 2.99. The highest BCUT2D eigenvalue weighted by molar-refractivity contribution is 9.10. The van der Waals surface area contributed by atoms with Crippen LogP contribution in [0.4, 0.5) is 0 Å². The normalized spacial score (nSPS) is 12.7. The van der Waals surface area contributed by atoms with Gasteiger partial charge in [-0.3, -0.25) is 0 Å². The van der Waals surface area contributed by atoms with Gasteiger partial charge < -0.3 is 5.32 Å². The minimum atomic E-state index is 0.274. The van der Waals surface area contributed by atoms with Crippen LogP contribution in [0.1, 0.15) is 21.4 Å². The molecule has 1 atom stereocenters. The number of hydrogen-bond donors (Lipinski definition) is 1. The predicted molar refractivity (Wildman–Crippen MR) is 85.9 cm³/mol. The van der Waals surface area contributed by atoms with Crippen LogP contribution in [0.2, 0.25) is 0 Å². The molecule has 0 saturated heterocycles. The van der Waals surface area contributed by atoms with Gasteiger partial charge in [0.05, 0.1) is 6.04 Å². The van der Waals surface area contributed by atoms with E-state index >= 15 is 0 Å². The van der Waals surface area contributed by atoms with Gasteiger partial charge in [0.25, 0.3) is 0 Å². The van der Waals surface area contributed by atoms with Gasteiger partial charge in [-0.2, -0.15) is 0 Å². The topological polar surface area (TPSA) is 12.0 Å². The Balaban J connectivity index is 2.32. The maximum atomic E-state index is 3.59. The molecule has 96 valence electrons. The molecule has 2 aromatic rings. The summed E-state index contributed by atoms with van der Waals surface area (Å²) in [5, 5.41) is 3.40. The number of nitrogens with one attached hydrogen (secondary N) is 1. The van der Waals surface area contributed by atoms with Crippen molar-refractivity contribution in [2.75, 3.05) is 13.3 Å². The lowest BCUT2D eigenvalue weighted by Gasteiger charge is -2.15. The lowest BCUT2D eigenvalue weighted by molar-refractivity contribution is 0.703. The zero-order chi connectivity index (χ0) is 13.1. The molecule has 0 radical (unpaired) electrons. The highest BCUT2D eigenvalue weighted by Gasteiger charge is 2.15. The van der Waals surface area contributed by atoms with E-state index in [1.165, 1.54) is 24.7 Å². The first-order valence-electron chi connectivity index (χ1n) is 5.72. The number of aryl methyl sites for hydroxylation is 1. The number of thiophene rings is 1. The number of benzene rings is 1. The Morgan fingerprint density at radius 2 is 1.94 bits per heavy atom. The zero-order valence-corrected chi connectivity index (χ0v) is 13.9. The van der Waals surface area contributed by atoms with Crippen molar-refractivity contribution in [1.29, 1.82) is 0 Å². The lowest BCUT2D eigenvalue weighted by atomic mass is 10.1. The molecule has 1 unspecified atom stereocenters. The Kier molecular flexibility index (Phi) is 4.90. The third-order valence-electron chi connectivity index (χ3n) is 2.90. The summed E-state index contributed by atoms with van der Waals surface area (Å²) in [5.74, 6) is 0. The first kappa shape index (κ1) is 14.1. The summed E-state index contributed by atoms with van der Waals surface area (Å²) in [6.45, 7) is 2.14. The van der Waals surface area contributed by atoms with Gasteiger partial charge >= 0.3 is 0 Å². The summed E-state index contributed by atoms with van der Waals surface area (Å²) in [6, 6.07) is 11.3. The van der Waals surface area contributed by atoms with Gasteiger partial charge in [0.1, 0.15) is 0 Å². The standard InChI is InChI=1S/C14H16BrNS2/c1-9-12(15)8-13(18-9)14(16-2)10-4-6-11(17-3)7-5-10/h4-8,14,16H,1-3H3. The molecular weight excluding hydrogens is 326 g/mol. The van der Waals surface area contributed by atoms with Crippen molar-refractivity contribution in [2.45, 2.75) is 17.9 Å². The zero-order valence-electron chi connectivity index (χ0n) is 10.7. The third-order valence-corrected chi connectivity index (χ3v) is 5.84. The molecule has 1 aromatic heterocycles. The van der Waals surface area contributed by atoms with Crippen molar-refractivity contribution < 1.29 is 0 Å². The van der Waals surface area contributed by atoms with Crippen molar-refractivity contribution in [2.24, 2.45) is 0 Å². The van der Waals surface area contributed by atoms with Crippen molar-refractivity contribution in [3.8, 4) is 0 Å². The van der Waals surface area contributed by atoms with E-state index in [-0.39, 0.29) is 6.04 Å². The fourth-order valence-corrected chi connectivity index (χ4v) is 4.00. The molecule has 0 fully saturated rings. The molecule has 1 nitrogen and oxygen atoms in total. The fourth-order valence-electron chi connectivity index (χ4n) is 1.89. The van der Waals surface area contributed by atoms with Gasteiger partial charge in [-0.1, -0.05) is 12.1 Å². The van der Waals surface area contributed by atoms with Gasteiger partial charge in [-0.05, 0) is 59.9 Å². The Morgan fingerprint density at radius 1 is 1.28 bits per heavy atom. The smallest absolute Gasteiger partial charge is 0.0669 e. The van der Waals surface area contributed by atoms with E-state index in [0.717, 1.165) is 0 Å². The number of rotatable bonds is 4. The average Bonchev–Trinajstić information content (AvgIpc) is 2.71. The van der Waals surface area contributed by atoms with Crippen LogP contribution in [0, 0.1) is 6.92 Å². The Labute approximate surface area is 125 Å². The largest absolute Gasteiger partial charge is 0.309 e. The molecule has 1 aromatic carbocycles. The molecule has 2 rings (SSSR count). The minimum Gasteiger partial charge on any atom is -0.309 e. The van der Waals surface area contributed by atoms with Crippen LogP contribution < -0.4 is 5.32 Å². The quantitative estimate of drug-likeness (QED) is 0.797. The molecule has 0 aliphatic rings. The molecule has 0 amide bonds. The van der Waals surface area contributed by atoms with Gasteiger partial charge in [-0.25, -0.2) is 0 Å². The number of thioether (sulfide) groups is 1. The number of hydrogen-bond acceptors (Lipinski definition) is 3. The molecule has 0 aliphatic heterocycles. The summed E-state index contributed by atoms with van der Waals surface area (Å²) >= 11 is 7.20. The monoisotopic (exact) mass is 341 g/mol. The molecule has 4 heteroatoms. The lowest BCUT2D eigenvalue weighted by Crippen LogP contribution is -2.16. The van der Waals surface area contributed by atoms with Crippen LogP contribution in [-0.4, -0.2) is 13.3 Å². The first-order valence-corrected chi connectivity index (χ1v) is 8.56. The second-order valence-corrected chi connectivity index (χ2v) is 7.07. The fraction of sp³-hybridized carbons (Fsp3) is 0.286. The summed E-state index contributed by atoms with van der Waals surface area (Å²) in [4.78, 5) is 3.97. The van der Waals surface area contributed by atoms with Gasteiger partial charge in [0, 0.05) is 19.1 Å². The molecule has 0 saturated carbocycles. The van der Waals surface area contributed by atoms with Crippen molar-refractivity contribution >= 4 is 39.0 Å². The first-order chi connectivity index (χ1) is 8.65. The Morgan fingerprint density at radius 3 is 2.39 bits per heavy atom. The molecule has 18 heavy (non-hydrogen) atoms. The van der Waals surface area contributed by atoms with Crippen molar-refractivity contribution in [1.82, 2.24) is 5.32 Å². The molecule has 1 N–H and O–H groups in total. The van der Waals surface area contributed by atoms with Crippen molar-refractivity contribution in [3.63, 3.8) is 0 Å². The van der Waals surface area contributed by atoms with E-state index in [2.05, 4.69) is 64.8 Å². The second-order valence-electron chi connectivity index (χ2n) is 4.05. The van der Waals surface area contributed by atoms with E-state index in [1.807, 2.05) is 18.4 Å².